The van der Waals surface area contributed by atoms with Crippen molar-refractivity contribution in [3.8, 4) is 6.07 Å². The molecule has 26 heavy (non-hydrogen) atoms. The molecule has 0 aliphatic heterocycles. The first-order valence-corrected chi connectivity index (χ1v) is 9.79. The van der Waals surface area contributed by atoms with Gasteiger partial charge in [0.25, 0.3) is 0 Å². The number of hydrogen-bond donors (Lipinski definition) is 0. The van der Waals surface area contributed by atoms with Crippen LogP contribution in [0, 0.1) is 11.3 Å². The molecule has 136 valence electrons. The highest BCUT2D eigenvalue weighted by Gasteiger charge is 2.26. The van der Waals surface area contributed by atoms with Gasteiger partial charge in [0, 0.05) is 31.2 Å². The van der Waals surface area contributed by atoms with Crippen molar-refractivity contribution in [1.29, 1.82) is 5.26 Å². The summed E-state index contributed by atoms with van der Waals surface area (Å²) in [6.45, 7) is 6.20. The molecule has 3 rings (SSSR count). The Kier molecular flexibility index (Phi) is 6.68. The van der Waals surface area contributed by atoms with Gasteiger partial charge in [-0.05, 0) is 55.6 Å². The Bertz CT molecular complexity index is 695. The number of anilines is 1. The molecule has 0 heterocycles. The fourth-order valence-electron chi connectivity index (χ4n) is 4.00. The molecule has 1 aliphatic rings. The first-order chi connectivity index (χ1) is 12.8. The quantitative estimate of drug-likeness (QED) is 0.678. The van der Waals surface area contributed by atoms with Crippen LogP contribution in [-0.4, -0.2) is 37.1 Å². The number of rotatable bonds is 9. The van der Waals surface area contributed by atoms with E-state index in [1.54, 1.807) is 0 Å². The first-order valence-electron chi connectivity index (χ1n) is 9.79. The smallest absolute Gasteiger partial charge is 0.0635 e. The lowest BCUT2D eigenvalue weighted by Gasteiger charge is -2.32. The third-order valence-corrected chi connectivity index (χ3v) is 5.42. The lowest BCUT2D eigenvalue weighted by atomic mass is 10.1. The molecule has 0 atom stereocenters. The van der Waals surface area contributed by atoms with Gasteiger partial charge in [0.15, 0.2) is 0 Å². The minimum atomic E-state index is 0.545. The molecule has 0 amide bonds. The molecule has 0 saturated heterocycles. The lowest BCUT2D eigenvalue weighted by Crippen LogP contribution is -2.38. The monoisotopic (exact) mass is 347 g/mol. The van der Waals surface area contributed by atoms with Crippen LogP contribution in [0.2, 0.25) is 0 Å². The average molecular weight is 348 g/mol. The third kappa shape index (κ3) is 4.65. The van der Waals surface area contributed by atoms with E-state index < -0.39 is 0 Å². The largest absolute Gasteiger partial charge is 0.368 e. The summed E-state index contributed by atoms with van der Waals surface area (Å²) in [4.78, 5) is 4.98. The van der Waals surface area contributed by atoms with E-state index in [0.29, 0.717) is 12.5 Å². The molecule has 0 bridgehead atoms. The number of benzene rings is 2. The Morgan fingerprint density at radius 1 is 0.923 bits per heavy atom. The Hall–Kier alpha value is -2.31. The number of nitrogens with zero attached hydrogens (tertiary/aromatic N) is 3. The standard InChI is InChI=1S/C23H29N3/c1-2-25(15-8-14-24)16-9-17-26(22-12-4-3-5-13-22)23-18-20-10-6-7-11-21(20)19-23/h3-7,10-13,23H,2,8-9,15-19H2,1H3. The van der Waals surface area contributed by atoms with Gasteiger partial charge < -0.3 is 9.80 Å². The summed E-state index contributed by atoms with van der Waals surface area (Å²) in [6, 6.07) is 22.5. The van der Waals surface area contributed by atoms with Crippen LogP contribution in [0.25, 0.3) is 0 Å². The van der Waals surface area contributed by atoms with Crippen LogP contribution in [0.4, 0.5) is 5.69 Å². The summed E-state index contributed by atoms with van der Waals surface area (Å²) in [7, 11) is 0. The summed E-state index contributed by atoms with van der Waals surface area (Å²) in [5.74, 6) is 0. The molecule has 3 nitrogen and oxygen atoms in total. The predicted octanol–water partition coefficient (Wildman–Crippen LogP) is 4.29. The topological polar surface area (TPSA) is 30.3 Å². The van der Waals surface area contributed by atoms with Gasteiger partial charge in [0.1, 0.15) is 0 Å². The van der Waals surface area contributed by atoms with E-state index in [0.717, 1.165) is 45.4 Å². The van der Waals surface area contributed by atoms with Crippen molar-refractivity contribution in [1.82, 2.24) is 4.90 Å². The maximum Gasteiger partial charge on any atom is 0.0635 e. The van der Waals surface area contributed by atoms with Gasteiger partial charge in [-0.1, -0.05) is 49.4 Å². The minimum absolute atomic E-state index is 0.545. The van der Waals surface area contributed by atoms with E-state index in [1.807, 2.05) is 0 Å². The van der Waals surface area contributed by atoms with Gasteiger partial charge in [0.05, 0.1) is 6.07 Å². The van der Waals surface area contributed by atoms with Crippen LogP contribution in [0.3, 0.4) is 0 Å². The molecule has 2 aromatic carbocycles. The van der Waals surface area contributed by atoms with Crippen LogP contribution >= 0.6 is 0 Å². The van der Waals surface area contributed by atoms with Crippen molar-refractivity contribution in [2.45, 2.75) is 38.6 Å². The average Bonchev–Trinajstić information content (AvgIpc) is 3.12. The highest BCUT2D eigenvalue weighted by Crippen LogP contribution is 2.29. The first kappa shape index (κ1) is 18.5. The number of para-hydroxylation sites is 1. The van der Waals surface area contributed by atoms with E-state index in [9.17, 15) is 0 Å². The highest BCUT2D eigenvalue weighted by atomic mass is 15.2. The molecule has 2 aromatic rings. The molecule has 0 fully saturated rings. The second-order valence-corrected chi connectivity index (χ2v) is 7.06. The van der Waals surface area contributed by atoms with Gasteiger partial charge in [-0.3, -0.25) is 0 Å². The molecule has 3 heteroatoms. The lowest BCUT2D eigenvalue weighted by molar-refractivity contribution is 0.291. The molecule has 1 aliphatic carbocycles. The summed E-state index contributed by atoms with van der Waals surface area (Å²) < 4.78 is 0. The SMILES string of the molecule is CCN(CCC#N)CCCN(c1ccccc1)C1Cc2ccccc2C1. The predicted molar refractivity (Wildman–Crippen MR) is 108 cm³/mol. The second-order valence-electron chi connectivity index (χ2n) is 7.06. The summed E-state index contributed by atoms with van der Waals surface area (Å²) in [6.07, 6.45) is 4.02. The van der Waals surface area contributed by atoms with Crippen LogP contribution in [0.5, 0.6) is 0 Å². The van der Waals surface area contributed by atoms with E-state index >= 15 is 0 Å². The normalized spacial score (nSPS) is 13.6. The van der Waals surface area contributed by atoms with Crippen molar-refractivity contribution in [3.63, 3.8) is 0 Å². The van der Waals surface area contributed by atoms with Crippen LogP contribution in [-0.2, 0) is 12.8 Å². The molecular weight excluding hydrogens is 318 g/mol. The van der Waals surface area contributed by atoms with E-state index in [1.165, 1.54) is 16.8 Å². The van der Waals surface area contributed by atoms with Crippen molar-refractivity contribution in [2.75, 3.05) is 31.1 Å². The Balaban J connectivity index is 1.65. The van der Waals surface area contributed by atoms with Gasteiger partial charge in [-0.2, -0.15) is 5.26 Å². The van der Waals surface area contributed by atoms with Crippen LogP contribution in [0.15, 0.2) is 54.6 Å². The molecule has 0 radical (unpaired) electrons. The maximum atomic E-state index is 8.82. The number of fused-ring (bicyclic) bond motifs is 1. The van der Waals surface area contributed by atoms with Crippen molar-refractivity contribution < 1.29 is 0 Å². The summed E-state index contributed by atoms with van der Waals surface area (Å²) >= 11 is 0. The fourth-order valence-corrected chi connectivity index (χ4v) is 4.00. The molecule has 0 aromatic heterocycles. The molecule has 0 unspecified atom stereocenters. The molecule has 0 spiro atoms. The van der Waals surface area contributed by atoms with Gasteiger partial charge in [-0.25, -0.2) is 0 Å². The Labute approximate surface area is 157 Å². The zero-order valence-electron chi connectivity index (χ0n) is 15.8. The second kappa shape index (κ2) is 9.40. The van der Waals surface area contributed by atoms with Crippen LogP contribution < -0.4 is 4.90 Å². The molecular formula is C23H29N3. The van der Waals surface area contributed by atoms with E-state index in [4.69, 9.17) is 5.26 Å². The zero-order chi connectivity index (χ0) is 18.2. The number of hydrogen-bond acceptors (Lipinski definition) is 3. The summed E-state index contributed by atoms with van der Waals surface area (Å²) in [5, 5.41) is 8.82. The van der Waals surface area contributed by atoms with Crippen molar-refractivity contribution in [3.05, 3.63) is 65.7 Å². The Morgan fingerprint density at radius 3 is 2.19 bits per heavy atom. The van der Waals surface area contributed by atoms with Gasteiger partial charge in [-0.15, -0.1) is 0 Å². The molecule has 0 saturated carbocycles. The summed E-state index contributed by atoms with van der Waals surface area (Å²) in [5.41, 5.74) is 4.33. The van der Waals surface area contributed by atoms with E-state index in [2.05, 4.69) is 77.4 Å². The van der Waals surface area contributed by atoms with E-state index in [-0.39, 0.29) is 0 Å². The maximum absolute atomic E-state index is 8.82. The van der Waals surface area contributed by atoms with Crippen molar-refractivity contribution in [2.24, 2.45) is 0 Å². The van der Waals surface area contributed by atoms with Crippen LogP contribution in [0.1, 0.15) is 30.9 Å². The molecule has 0 N–H and O–H groups in total. The van der Waals surface area contributed by atoms with Gasteiger partial charge in [0.2, 0.25) is 0 Å². The highest BCUT2D eigenvalue weighted by molar-refractivity contribution is 5.49. The third-order valence-electron chi connectivity index (χ3n) is 5.42. The number of nitriles is 1. The zero-order valence-corrected chi connectivity index (χ0v) is 15.8. The minimum Gasteiger partial charge on any atom is -0.368 e. The fraction of sp³-hybridized carbons (Fsp3) is 0.435. The van der Waals surface area contributed by atoms with Gasteiger partial charge >= 0.3 is 0 Å². The Morgan fingerprint density at radius 2 is 1.58 bits per heavy atom. The van der Waals surface area contributed by atoms with Crippen molar-refractivity contribution >= 4 is 5.69 Å².